The Hall–Kier alpha value is -0.160. The summed E-state index contributed by atoms with van der Waals surface area (Å²) >= 11 is 8.99. The highest BCUT2D eigenvalue weighted by molar-refractivity contribution is 9.11. The topological polar surface area (TPSA) is 12.0 Å². The van der Waals surface area contributed by atoms with Gasteiger partial charge in [-0.15, -0.1) is 11.3 Å². The molecule has 96 valence electrons. The van der Waals surface area contributed by atoms with E-state index in [9.17, 15) is 0 Å². The van der Waals surface area contributed by atoms with Gasteiger partial charge in [-0.3, -0.25) is 0 Å². The molecule has 1 aromatic heterocycles. The van der Waals surface area contributed by atoms with Gasteiger partial charge >= 0.3 is 0 Å². The molecule has 0 fully saturated rings. The van der Waals surface area contributed by atoms with Crippen molar-refractivity contribution in [1.29, 1.82) is 0 Å². The van der Waals surface area contributed by atoms with Crippen molar-refractivity contribution in [2.75, 3.05) is 6.54 Å². The summed E-state index contributed by atoms with van der Waals surface area (Å²) in [7, 11) is 0. The van der Waals surface area contributed by atoms with E-state index in [1.54, 1.807) is 11.3 Å². The standard InChI is InChI=1S/C14H15Br2NS/c1-3-17-14(10-6-9(2)18-8-10)12-7-11(15)4-5-13(12)16/h4-8,14,17H,3H2,1-2H3. The van der Waals surface area contributed by atoms with Crippen molar-refractivity contribution in [2.24, 2.45) is 0 Å². The molecule has 1 N–H and O–H groups in total. The van der Waals surface area contributed by atoms with Gasteiger partial charge in [0.05, 0.1) is 6.04 Å². The SMILES string of the molecule is CCNC(c1csc(C)c1)c1cc(Br)ccc1Br. The minimum Gasteiger partial charge on any atom is -0.306 e. The molecule has 18 heavy (non-hydrogen) atoms. The van der Waals surface area contributed by atoms with Crippen molar-refractivity contribution in [3.8, 4) is 0 Å². The molecule has 0 aliphatic carbocycles. The number of hydrogen-bond acceptors (Lipinski definition) is 2. The van der Waals surface area contributed by atoms with Gasteiger partial charge in [-0.2, -0.15) is 0 Å². The summed E-state index contributed by atoms with van der Waals surface area (Å²) in [6, 6.07) is 8.81. The average molecular weight is 389 g/mol. The third kappa shape index (κ3) is 3.23. The summed E-state index contributed by atoms with van der Waals surface area (Å²) in [6.45, 7) is 5.23. The average Bonchev–Trinajstić information content (AvgIpc) is 2.76. The van der Waals surface area contributed by atoms with Crippen LogP contribution >= 0.6 is 43.2 Å². The first kappa shape index (κ1) is 14.3. The molecule has 2 rings (SSSR count). The molecule has 4 heteroatoms. The van der Waals surface area contributed by atoms with Gasteiger partial charge in [0, 0.05) is 13.8 Å². The van der Waals surface area contributed by atoms with Crippen LogP contribution in [0.5, 0.6) is 0 Å². The highest BCUT2D eigenvalue weighted by Crippen LogP contribution is 2.32. The van der Waals surface area contributed by atoms with Crippen molar-refractivity contribution in [1.82, 2.24) is 5.32 Å². The third-order valence-corrected chi connectivity index (χ3v) is 4.86. The lowest BCUT2D eigenvalue weighted by atomic mass is 10.0. The van der Waals surface area contributed by atoms with Gasteiger partial charge in [0.1, 0.15) is 0 Å². The smallest absolute Gasteiger partial charge is 0.0596 e. The first-order valence-electron chi connectivity index (χ1n) is 5.85. The van der Waals surface area contributed by atoms with Crippen LogP contribution in [-0.2, 0) is 0 Å². The van der Waals surface area contributed by atoms with E-state index < -0.39 is 0 Å². The van der Waals surface area contributed by atoms with E-state index in [0.717, 1.165) is 15.5 Å². The minimum absolute atomic E-state index is 0.242. The predicted molar refractivity (Wildman–Crippen MR) is 86.4 cm³/mol. The molecule has 1 unspecified atom stereocenters. The van der Waals surface area contributed by atoms with E-state index in [0.29, 0.717) is 0 Å². The first-order chi connectivity index (χ1) is 8.61. The van der Waals surface area contributed by atoms with Crippen molar-refractivity contribution < 1.29 is 0 Å². The maximum absolute atomic E-state index is 3.65. The van der Waals surface area contributed by atoms with E-state index >= 15 is 0 Å². The number of thiophene rings is 1. The molecule has 1 atom stereocenters. The summed E-state index contributed by atoms with van der Waals surface area (Å²) < 4.78 is 2.25. The molecule has 1 aromatic carbocycles. The Labute approximate surface area is 129 Å². The molecule has 0 aliphatic rings. The monoisotopic (exact) mass is 387 g/mol. The van der Waals surface area contributed by atoms with Crippen LogP contribution in [0.1, 0.15) is 29.0 Å². The lowest BCUT2D eigenvalue weighted by Gasteiger charge is -2.19. The maximum atomic E-state index is 3.65. The first-order valence-corrected chi connectivity index (χ1v) is 8.31. The number of halogens is 2. The molecule has 1 heterocycles. The fourth-order valence-electron chi connectivity index (χ4n) is 1.96. The maximum Gasteiger partial charge on any atom is 0.0596 e. The molecule has 1 nitrogen and oxygen atoms in total. The molecule has 0 bridgehead atoms. The van der Waals surface area contributed by atoms with Crippen LogP contribution in [0.4, 0.5) is 0 Å². The zero-order chi connectivity index (χ0) is 13.1. The summed E-state index contributed by atoms with van der Waals surface area (Å²) in [6.07, 6.45) is 0. The number of hydrogen-bond donors (Lipinski definition) is 1. The molecule has 0 radical (unpaired) electrons. The summed E-state index contributed by atoms with van der Waals surface area (Å²) in [5.41, 5.74) is 2.60. The molecule has 2 aromatic rings. The second kappa shape index (κ2) is 6.33. The van der Waals surface area contributed by atoms with Crippen LogP contribution in [0, 0.1) is 6.92 Å². The van der Waals surface area contributed by atoms with E-state index in [1.165, 1.54) is 16.0 Å². The molecule has 0 saturated heterocycles. The van der Waals surface area contributed by atoms with Crippen LogP contribution in [-0.4, -0.2) is 6.54 Å². The van der Waals surface area contributed by atoms with E-state index in [1.807, 2.05) is 0 Å². The van der Waals surface area contributed by atoms with Crippen molar-refractivity contribution in [3.63, 3.8) is 0 Å². The third-order valence-electron chi connectivity index (χ3n) is 2.76. The van der Waals surface area contributed by atoms with Crippen molar-refractivity contribution in [2.45, 2.75) is 19.9 Å². The fraction of sp³-hybridized carbons (Fsp3) is 0.286. The van der Waals surface area contributed by atoms with Crippen LogP contribution in [0.15, 0.2) is 38.6 Å². The highest BCUT2D eigenvalue weighted by Gasteiger charge is 2.17. The van der Waals surface area contributed by atoms with Crippen molar-refractivity contribution >= 4 is 43.2 Å². The van der Waals surface area contributed by atoms with Gasteiger partial charge < -0.3 is 5.32 Å². The molecule has 0 amide bonds. The van der Waals surface area contributed by atoms with Crippen LogP contribution < -0.4 is 5.32 Å². The number of benzene rings is 1. The molecule has 0 aliphatic heterocycles. The molecule has 0 spiro atoms. The van der Waals surface area contributed by atoms with Crippen molar-refractivity contribution in [3.05, 3.63) is 54.6 Å². The summed E-state index contributed by atoms with van der Waals surface area (Å²) in [5.74, 6) is 0. The van der Waals surface area contributed by atoms with E-state index in [4.69, 9.17) is 0 Å². The second-order valence-electron chi connectivity index (χ2n) is 4.15. The Morgan fingerprint density at radius 3 is 2.67 bits per heavy atom. The van der Waals surface area contributed by atoms with Gasteiger partial charge in [-0.05, 0) is 54.2 Å². The van der Waals surface area contributed by atoms with Crippen LogP contribution in [0.3, 0.4) is 0 Å². The molecular weight excluding hydrogens is 374 g/mol. The van der Waals surface area contributed by atoms with Crippen LogP contribution in [0.2, 0.25) is 0 Å². The largest absolute Gasteiger partial charge is 0.306 e. The second-order valence-corrected chi connectivity index (χ2v) is 7.03. The Kier molecular flexibility index (Phi) is 5.01. The number of rotatable bonds is 4. The minimum atomic E-state index is 0.242. The van der Waals surface area contributed by atoms with Gasteiger partial charge in [-0.1, -0.05) is 38.8 Å². The normalized spacial score (nSPS) is 12.7. The van der Waals surface area contributed by atoms with E-state index in [2.05, 4.69) is 80.7 Å². The van der Waals surface area contributed by atoms with Gasteiger partial charge in [0.15, 0.2) is 0 Å². The number of nitrogens with one attached hydrogen (secondary N) is 1. The van der Waals surface area contributed by atoms with Gasteiger partial charge in [-0.25, -0.2) is 0 Å². The Morgan fingerprint density at radius 1 is 1.28 bits per heavy atom. The van der Waals surface area contributed by atoms with Crippen LogP contribution in [0.25, 0.3) is 0 Å². The van der Waals surface area contributed by atoms with Gasteiger partial charge in [0.25, 0.3) is 0 Å². The zero-order valence-corrected chi connectivity index (χ0v) is 14.3. The van der Waals surface area contributed by atoms with E-state index in [-0.39, 0.29) is 6.04 Å². The lowest BCUT2D eigenvalue weighted by molar-refractivity contribution is 0.630. The quantitative estimate of drug-likeness (QED) is 0.751. The Bertz CT molecular complexity index is 536. The predicted octanol–water partition coefficient (Wildman–Crippen LogP) is 5.28. The lowest BCUT2D eigenvalue weighted by Crippen LogP contribution is -2.21. The fourth-order valence-corrected chi connectivity index (χ4v) is 3.55. The molecule has 0 saturated carbocycles. The Balaban J connectivity index is 2.44. The zero-order valence-electron chi connectivity index (χ0n) is 10.3. The molecular formula is C14H15Br2NS. The number of aryl methyl sites for hydroxylation is 1. The summed E-state index contributed by atoms with van der Waals surface area (Å²) in [4.78, 5) is 1.35. The Morgan fingerprint density at radius 2 is 2.06 bits per heavy atom. The summed E-state index contributed by atoms with van der Waals surface area (Å²) in [5, 5.41) is 5.78. The highest BCUT2D eigenvalue weighted by atomic mass is 79.9. The van der Waals surface area contributed by atoms with Gasteiger partial charge in [0.2, 0.25) is 0 Å².